The number of rotatable bonds is 4. The van der Waals surface area contributed by atoms with Gasteiger partial charge in [0.15, 0.2) is 6.29 Å². The summed E-state index contributed by atoms with van der Waals surface area (Å²) < 4.78 is 4.52. The summed E-state index contributed by atoms with van der Waals surface area (Å²) in [7, 11) is 0. The minimum absolute atomic E-state index is 0.0435. The van der Waals surface area contributed by atoms with Crippen LogP contribution in [0.15, 0.2) is 18.2 Å². The number of esters is 1. The summed E-state index contributed by atoms with van der Waals surface area (Å²) in [5, 5.41) is 9.11. The molecule has 0 fully saturated rings. The molecule has 1 N–H and O–H groups in total. The number of hydrogen-bond donors (Lipinski definition) is 1. The topological polar surface area (TPSA) is 80.7 Å². The Kier molecular flexibility index (Phi) is 3.77. The Morgan fingerprint density at radius 2 is 2.12 bits per heavy atom. The predicted octanol–water partition coefficient (Wildman–Crippen LogP) is 0.951. The van der Waals surface area contributed by atoms with E-state index in [0.29, 0.717) is 6.29 Å². The van der Waals surface area contributed by atoms with E-state index in [9.17, 15) is 14.4 Å². The number of carbonyl (C=O) groups is 3. The van der Waals surface area contributed by atoms with Crippen molar-refractivity contribution in [2.45, 2.75) is 6.92 Å². The molecule has 5 nitrogen and oxygen atoms in total. The van der Waals surface area contributed by atoms with Gasteiger partial charge in [-0.1, -0.05) is 0 Å². The van der Waals surface area contributed by atoms with E-state index in [1.165, 1.54) is 12.1 Å². The van der Waals surface area contributed by atoms with E-state index in [-0.39, 0.29) is 23.5 Å². The smallest absolute Gasteiger partial charge is 0.379 e. The summed E-state index contributed by atoms with van der Waals surface area (Å²) in [5.41, 5.74) is -0.121. The molecule has 84 valence electrons. The minimum Gasteiger partial charge on any atom is -0.508 e. The van der Waals surface area contributed by atoms with Crippen LogP contribution in [0.4, 0.5) is 0 Å². The van der Waals surface area contributed by atoms with Crippen molar-refractivity contribution >= 4 is 18.0 Å². The summed E-state index contributed by atoms with van der Waals surface area (Å²) in [6.45, 7) is 1.65. The zero-order valence-electron chi connectivity index (χ0n) is 8.60. The molecule has 0 aliphatic carbocycles. The Bertz CT molecular complexity index is 436. The second kappa shape index (κ2) is 5.06. The largest absolute Gasteiger partial charge is 0.508 e. The van der Waals surface area contributed by atoms with Gasteiger partial charge in [-0.2, -0.15) is 0 Å². The lowest BCUT2D eigenvalue weighted by Gasteiger charge is -2.03. The number of ether oxygens (including phenoxy) is 1. The van der Waals surface area contributed by atoms with Gasteiger partial charge in [0.25, 0.3) is 5.78 Å². The highest BCUT2D eigenvalue weighted by Crippen LogP contribution is 2.16. The van der Waals surface area contributed by atoms with Crippen molar-refractivity contribution in [3.05, 3.63) is 29.3 Å². The standard InChI is InChI=1S/C11H10O5/c1-2-16-11(15)10(14)9-4-3-8(13)5-7(9)6-12/h3-6,13H,2H2,1H3. The Labute approximate surface area is 91.6 Å². The highest BCUT2D eigenvalue weighted by atomic mass is 16.5. The van der Waals surface area contributed by atoms with E-state index >= 15 is 0 Å². The zero-order chi connectivity index (χ0) is 12.1. The van der Waals surface area contributed by atoms with Gasteiger partial charge in [0, 0.05) is 11.1 Å². The van der Waals surface area contributed by atoms with Gasteiger partial charge < -0.3 is 9.84 Å². The van der Waals surface area contributed by atoms with Crippen LogP contribution in [-0.2, 0) is 9.53 Å². The fourth-order valence-corrected chi connectivity index (χ4v) is 1.16. The number of benzene rings is 1. The first-order valence-corrected chi connectivity index (χ1v) is 4.59. The number of Topliss-reactive ketones (excluding diaryl/α,β-unsaturated/α-hetero) is 1. The molecule has 0 atom stereocenters. The summed E-state index contributed by atoms with van der Waals surface area (Å²) in [5.74, 6) is -2.07. The van der Waals surface area contributed by atoms with E-state index in [1.807, 2.05) is 0 Å². The molecular weight excluding hydrogens is 212 g/mol. The first kappa shape index (κ1) is 11.9. The number of hydrogen-bond acceptors (Lipinski definition) is 5. The predicted molar refractivity (Wildman–Crippen MR) is 54.5 cm³/mol. The third-order valence-electron chi connectivity index (χ3n) is 1.87. The van der Waals surface area contributed by atoms with Gasteiger partial charge in [-0.15, -0.1) is 0 Å². The Balaban J connectivity index is 3.08. The van der Waals surface area contributed by atoms with Crippen molar-refractivity contribution < 1.29 is 24.2 Å². The normalized spacial score (nSPS) is 9.56. The van der Waals surface area contributed by atoms with Gasteiger partial charge in [0.05, 0.1) is 6.61 Å². The average molecular weight is 222 g/mol. The van der Waals surface area contributed by atoms with Gasteiger partial charge in [-0.05, 0) is 25.1 Å². The van der Waals surface area contributed by atoms with E-state index < -0.39 is 11.8 Å². The lowest BCUT2D eigenvalue weighted by atomic mass is 10.0. The van der Waals surface area contributed by atoms with E-state index in [4.69, 9.17) is 5.11 Å². The molecule has 5 heteroatoms. The molecule has 1 rings (SSSR count). The maximum atomic E-state index is 11.5. The van der Waals surface area contributed by atoms with Crippen molar-refractivity contribution in [3.8, 4) is 5.75 Å². The lowest BCUT2D eigenvalue weighted by Crippen LogP contribution is -2.18. The quantitative estimate of drug-likeness (QED) is 0.355. The highest BCUT2D eigenvalue weighted by Gasteiger charge is 2.20. The zero-order valence-corrected chi connectivity index (χ0v) is 8.60. The molecule has 0 saturated heterocycles. The van der Waals surface area contributed by atoms with E-state index in [2.05, 4.69) is 4.74 Å². The maximum Gasteiger partial charge on any atom is 0.379 e. The van der Waals surface area contributed by atoms with Gasteiger partial charge in [-0.25, -0.2) is 4.79 Å². The molecule has 0 radical (unpaired) electrons. The number of aldehydes is 1. The fourth-order valence-electron chi connectivity index (χ4n) is 1.16. The van der Waals surface area contributed by atoms with Crippen molar-refractivity contribution in [2.24, 2.45) is 0 Å². The third-order valence-corrected chi connectivity index (χ3v) is 1.87. The van der Waals surface area contributed by atoms with Crippen molar-refractivity contribution in [1.82, 2.24) is 0 Å². The van der Waals surface area contributed by atoms with Crippen LogP contribution < -0.4 is 0 Å². The van der Waals surface area contributed by atoms with Crippen molar-refractivity contribution in [1.29, 1.82) is 0 Å². The Morgan fingerprint density at radius 3 is 2.69 bits per heavy atom. The highest BCUT2D eigenvalue weighted by molar-refractivity contribution is 6.41. The van der Waals surface area contributed by atoms with Crippen LogP contribution in [0.5, 0.6) is 5.75 Å². The minimum atomic E-state index is -1.02. The molecule has 0 aliphatic heterocycles. The molecule has 0 saturated carbocycles. The molecule has 0 amide bonds. The van der Waals surface area contributed by atoms with Crippen LogP contribution in [0.3, 0.4) is 0 Å². The summed E-state index contributed by atoms with van der Waals surface area (Å²) in [4.78, 5) is 33.3. The van der Waals surface area contributed by atoms with Crippen LogP contribution in [0.2, 0.25) is 0 Å². The van der Waals surface area contributed by atoms with Gasteiger partial charge >= 0.3 is 5.97 Å². The molecule has 0 spiro atoms. The number of phenolic OH excluding ortho intramolecular Hbond substituents is 1. The van der Waals surface area contributed by atoms with Gasteiger partial charge in [0.2, 0.25) is 0 Å². The van der Waals surface area contributed by atoms with Gasteiger partial charge in [-0.3, -0.25) is 9.59 Å². The second-order valence-corrected chi connectivity index (χ2v) is 2.94. The SMILES string of the molecule is CCOC(=O)C(=O)c1ccc(O)cc1C=O. The molecule has 0 bridgehead atoms. The van der Waals surface area contributed by atoms with Crippen LogP contribution in [-0.4, -0.2) is 29.8 Å². The lowest BCUT2D eigenvalue weighted by molar-refractivity contribution is -0.137. The number of aromatic hydroxyl groups is 1. The number of ketones is 1. The Hall–Kier alpha value is -2.17. The molecule has 0 unspecified atom stereocenters. The van der Waals surface area contributed by atoms with Gasteiger partial charge in [0.1, 0.15) is 5.75 Å². The van der Waals surface area contributed by atoms with Crippen molar-refractivity contribution in [2.75, 3.05) is 6.61 Å². The van der Waals surface area contributed by atoms with Crippen molar-refractivity contribution in [3.63, 3.8) is 0 Å². The molecule has 1 aromatic rings. The summed E-state index contributed by atoms with van der Waals surface area (Å²) in [6.07, 6.45) is 0.395. The average Bonchev–Trinajstić information content (AvgIpc) is 2.28. The summed E-state index contributed by atoms with van der Waals surface area (Å²) in [6, 6.07) is 3.54. The van der Waals surface area contributed by atoms with E-state index in [0.717, 1.165) is 6.07 Å². The molecule has 0 heterocycles. The number of carbonyl (C=O) groups excluding carboxylic acids is 3. The monoisotopic (exact) mass is 222 g/mol. The maximum absolute atomic E-state index is 11.5. The Morgan fingerprint density at radius 1 is 1.44 bits per heavy atom. The molecule has 0 aromatic heterocycles. The van der Waals surface area contributed by atoms with Crippen LogP contribution in [0.25, 0.3) is 0 Å². The second-order valence-electron chi connectivity index (χ2n) is 2.94. The van der Waals surface area contributed by atoms with Crippen LogP contribution in [0, 0.1) is 0 Å². The molecular formula is C11H10O5. The summed E-state index contributed by atoms with van der Waals surface area (Å²) >= 11 is 0. The fraction of sp³-hybridized carbons (Fsp3) is 0.182. The first-order chi connectivity index (χ1) is 7.60. The molecule has 16 heavy (non-hydrogen) atoms. The van der Waals surface area contributed by atoms with Crippen LogP contribution >= 0.6 is 0 Å². The van der Waals surface area contributed by atoms with Crippen LogP contribution in [0.1, 0.15) is 27.6 Å². The third kappa shape index (κ3) is 2.44. The number of phenols is 1. The molecule has 0 aliphatic rings. The van der Waals surface area contributed by atoms with E-state index in [1.54, 1.807) is 6.92 Å². The molecule has 1 aromatic carbocycles. The first-order valence-electron chi connectivity index (χ1n) is 4.59.